The van der Waals surface area contributed by atoms with Crippen molar-refractivity contribution in [1.29, 1.82) is 0 Å². The predicted molar refractivity (Wildman–Crippen MR) is 52.2 cm³/mol. The summed E-state index contributed by atoms with van der Waals surface area (Å²) in [7, 11) is 0. The van der Waals surface area contributed by atoms with Crippen molar-refractivity contribution < 1.29 is 0 Å². The molecule has 72 valence electrons. The van der Waals surface area contributed by atoms with E-state index in [1.807, 2.05) is 4.68 Å². The maximum atomic E-state index is 6.00. The molecule has 0 spiro atoms. The quantitative estimate of drug-likeness (QED) is 0.621. The van der Waals surface area contributed by atoms with Crippen LogP contribution in [0.2, 0.25) is 0 Å². The normalized spacial score (nSPS) is 16.2. The Morgan fingerprint density at radius 1 is 1.38 bits per heavy atom. The van der Waals surface area contributed by atoms with Gasteiger partial charge in [-0.2, -0.15) is 5.10 Å². The van der Waals surface area contributed by atoms with Crippen molar-refractivity contribution in [3.8, 4) is 0 Å². The van der Waals surface area contributed by atoms with Crippen molar-refractivity contribution in [3.63, 3.8) is 0 Å². The van der Waals surface area contributed by atoms with Crippen LogP contribution >= 0.6 is 0 Å². The molecular formula is C9H16N4. The third kappa shape index (κ3) is 1.21. The second-order valence-electron chi connectivity index (χ2n) is 4.50. The first kappa shape index (κ1) is 8.56. The molecule has 0 fully saturated rings. The molecule has 0 amide bonds. The zero-order chi connectivity index (χ0) is 9.64. The van der Waals surface area contributed by atoms with Crippen LogP contribution in [0, 0.1) is 0 Å². The highest BCUT2D eigenvalue weighted by atomic mass is 15.4. The third-order valence-corrected chi connectivity index (χ3v) is 2.34. The third-order valence-electron chi connectivity index (χ3n) is 2.34. The number of hydrogen-bond donors (Lipinski definition) is 2. The van der Waals surface area contributed by atoms with Crippen molar-refractivity contribution >= 4 is 5.82 Å². The molecule has 0 aromatic carbocycles. The van der Waals surface area contributed by atoms with E-state index < -0.39 is 0 Å². The molecule has 2 rings (SSSR count). The summed E-state index contributed by atoms with van der Waals surface area (Å²) in [6.45, 7) is 8.04. The zero-order valence-electron chi connectivity index (χ0n) is 8.39. The van der Waals surface area contributed by atoms with E-state index in [-0.39, 0.29) is 5.54 Å². The van der Waals surface area contributed by atoms with Gasteiger partial charge in [0.2, 0.25) is 0 Å². The number of nitrogens with one attached hydrogen (secondary N) is 1. The smallest absolute Gasteiger partial charge is 0.127 e. The molecule has 2 heterocycles. The number of nitrogens with zero attached hydrogens (tertiary/aromatic N) is 2. The van der Waals surface area contributed by atoms with Crippen LogP contribution in [0.4, 0.5) is 5.82 Å². The van der Waals surface area contributed by atoms with Crippen molar-refractivity contribution in [2.45, 2.75) is 39.4 Å². The van der Waals surface area contributed by atoms with Gasteiger partial charge in [0, 0.05) is 18.7 Å². The minimum Gasteiger partial charge on any atom is -0.384 e. The molecule has 0 atom stereocenters. The molecule has 1 aliphatic rings. The van der Waals surface area contributed by atoms with Crippen molar-refractivity contribution in [2.75, 3.05) is 5.73 Å². The second-order valence-corrected chi connectivity index (χ2v) is 4.50. The first-order valence-electron chi connectivity index (χ1n) is 4.57. The van der Waals surface area contributed by atoms with Gasteiger partial charge in [-0.15, -0.1) is 0 Å². The minimum absolute atomic E-state index is 0.0194. The molecule has 3 N–H and O–H groups in total. The molecule has 1 aliphatic heterocycles. The van der Waals surface area contributed by atoms with E-state index in [1.54, 1.807) is 0 Å². The van der Waals surface area contributed by atoms with E-state index in [9.17, 15) is 0 Å². The maximum absolute atomic E-state index is 6.00. The van der Waals surface area contributed by atoms with Gasteiger partial charge in [0.05, 0.1) is 11.2 Å². The van der Waals surface area contributed by atoms with Gasteiger partial charge in [0.1, 0.15) is 5.82 Å². The first-order valence-corrected chi connectivity index (χ1v) is 4.57. The molecule has 4 heteroatoms. The molecule has 4 nitrogen and oxygen atoms in total. The van der Waals surface area contributed by atoms with Gasteiger partial charge in [-0.05, 0) is 20.8 Å². The fourth-order valence-electron chi connectivity index (χ4n) is 1.66. The topological polar surface area (TPSA) is 55.9 Å². The molecule has 0 saturated carbocycles. The van der Waals surface area contributed by atoms with E-state index in [0.29, 0.717) is 0 Å². The lowest BCUT2D eigenvalue weighted by molar-refractivity contribution is 0.357. The van der Waals surface area contributed by atoms with Crippen LogP contribution in [0.5, 0.6) is 0 Å². The fourth-order valence-corrected chi connectivity index (χ4v) is 1.66. The standard InChI is InChI=1S/C9H16N4/c1-9(2,3)13-8(10)6-4-11-5-7(6)12-13/h11H,4-5,10H2,1-3H3. The number of fused-ring (bicyclic) bond motifs is 1. The van der Waals surface area contributed by atoms with Gasteiger partial charge in [0.25, 0.3) is 0 Å². The number of nitrogen functional groups attached to an aromatic ring is 1. The summed E-state index contributed by atoms with van der Waals surface area (Å²) in [6.07, 6.45) is 0. The maximum Gasteiger partial charge on any atom is 0.127 e. The largest absolute Gasteiger partial charge is 0.384 e. The van der Waals surface area contributed by atoms with Gasteiger partial charge in [0.15, 0.2) is 0 Å². The zero-order valence-corrected chi connectivity index (χ0v) is 8.39. The summed E-state index contributed by atoms with van der Waals surface area (Å²) in [5.74, 6) is 0.813. The Kier molecular flexibility index (Phi) is 1.63. The van der Waals surface area contributed by atoms with Gasteiger partial charge in [-0.25, -0.2) is 4.68 Å². The molecule has 0 radical (unpaired) electrons. The van der Waals surface area contributed by atoms with Crippen LogP contribution < -0.4 is 11.1 Å². The number of hydrogen-bond acceptors (Lipinski definition) is 3. The number of aromatic nitrogens is 2. The summed E-state index contributed by atoms with van der Waals surface area (Å²) in [5.41, 5.74) is 8.26. The minimum atomic E-state index is -0.0194. The van der Waals surface area contributed by atoms with Gasteiger partial charge in [-0.1, -0.05) is 0 Å². The lowest BCUT2D eigenvalue weighted by Gasteiger charge is -2.21. The van der Waals surface area contributed by atoms with E-state index in [4.69, 9.17) is 5.73 Å². The predicted octanol–water partition coefficient (Wildman–Crippen LogP) is 0.824. The van der Waals surface area contributed by atoms with Crippen molar-refractivity contribution in [3.05, 3.63) is 11.3 Å². The van der Waals surface area contributed by atoms with Gasteiger partial charge in [-0.3, -0.25) is 0 Å². The summed E-state index contributed by atoms with van der Waals surface area (Å²) in [4.78, 5) is 0. The summed E-state index contributed by atoms with van der Waals surface area (Å²) < 4.78 is 1.92. The molecule has 13 heavy (non-hydrogen) atoms. The highest BCUT2D eigenvalue weighted by Gasteiger charge is 2.25. The van der Waals surface area contributed by atoms with Gasteiger partial charge >= 0.3 is 0 Å². The summed E-state index contributed by atoms with van der Waals surface area (Å²) in [6, 6.07) is 0. The molecule has 1 aromatic rings. The van der Waals surface area contributed by atoms with Crippen LogP contribution in [0.1, 0.15) is 32.0 Å². The Morgan fingerprint density at radius 2 is 2.08 bits per heavy atom. The molecular weight excluding hydrogens is 164 g/mol. The van der Waals surface area contributed by atoms with Crippen molar-refractivity contribution in [2.24, 2.45) is 0 Å². The molecule has 0 saturated heterocycles. The van der Waals surface area contributed by atoms with Crippen LogP contribution in [-0.2, 0) is 18.6 Å². The molecule has 0 unspecified atom stereocenters. The average molecular weight is 180 g/mol. The highest BCUT2D eigenvalue weighted by molar-refractivity contribution is 5.46. The fraction of sp³-hybridized carbons (Fsp3) is 0.667. The van der Waals surface area contributed by atoms with Crippen LogP contribution in [0.3, 0.4) is 0 Å². The summed E-state index contributed by atoms with van der Waals surface area (Å²) >= 11 is 0. The Labute approximate surface area is 78.1 Å². The number of rotatable bonds is 0. The lowest BCUT2D eigenvalue weighted by Crippen LogP contribution is -2.25. The molecule has 0 bridgehead atoms. The average Bonchev–Trinajstić information content (AvgIpc) is 2.51. The lowest BCUT2D eigenvalue weighted by atomic mass is 10.1. The van der Waals surface area contributed by atoms with Gasteiger partial charge < -0.3 is 11.1 Å². The van der Waals surface area contributed by atoms with Crippen LogP contribution in [-0.4, -0.2) is 9.78 Å². The number of nitrogens with two attached hydrogens (primary N) is 1. The van der Waals surface area contributed by atoms with Crippen LogP contribution in [0.15, 0.2) is 0 Å². The Morgan fingerprint density at radius 3 is 2.62 bits per heavy atom. The van der Waals surface area contributed by atoms with E-state index >= 15 is 0 Å². The Bertz CT molecular complexity index is 332. The molecule has 1 aromatic heterocycles. The Hall–Kier alpha value is -1.03. The summed E-state index contributed by atoms with van der Waals surface area (Å²) in [5, 5.41) is 7.72. The van der Waals surface area contributed by atoms with Crippen molar-refractivity contribution in [1.82, 2.24) is 15.1 Å². The number of anilines is 1. The highest BCUT2D eigenvalue weighted by Crippen LogP contribution is 2.26. The van der Waals surface area contributed by atoms with E-state index in [1.165, 1.54) is 5.56 Å². The first-order chi connectivity index (χ1) is 6.00. The van der Waals surface area contributed by atoms with E-state index in [0.717, 1.165) is 24.6 Å². The monoisotopic (exact) mass is 180 g/mol. The molecule has 0 aliphatic carbocycles. The second kappa shape index (κ2) is 2.48. The van der Waals surface area contributed by atoms with Crippen LogP contribution in [0.25, 0.3) is 0 Å². The van der Waals surface area contributed by atoms with E-state index in [2.05, 4.69) is 31.2 Å². The Balaban J connectivity index is 2.51. The SMILES string of the molecule is CC(C)(C)n1nc2c(c1N)CNC2.